The molecule has 0 amide bonds. The quantitative estimate of drug-likeness (QED) is 0.837. The molecule has 1 fully saturated rings. The molecule has 1 atom stereocenters. The van der Waals surface area contributed by atoms with E-state index in [2.05, 4.69) is 15.0 Å². The number of rotatable bonds is 4. The van der Waals surface area contributed by atoms with Crippen LogP contribution in [-0.4, -0.2) is 39.2 Å². The van der Waals surface area contributed by atoms with Gasteiger partial charge in [0.25, 0.3) is 0 Å². The molecule has 7 heteroatoms. The van der Waals surface area contributed by atoms with Crippen molar-refractivity contribution >= 4 is 15.8 Å². The lowest BCUT2D eigenvalue weighted by Crippen LogP contribution is -2.46. The minimum absolute atomic E-state index is 0.162. The van der Waals surface area contributed by atoms with Crippen LogP contribution in [-0.2, 0) is 14.8 Å². The van der Waals surface area contributed by atoms with Gasteiger partial charge in [0.2, 0.25) is 10.0 Å². The Morgan fingerprint density at radius 1 is 1.44 bits per heavy atom. The average Bonchev–Trinajstić information content (AvgIpc) is 2.75. The Balaban J connectivity index is 2.19. The van der Waals surface area contributed by atoms with E-state index in [9.17, 15) is 8.42 Å². The second-order valence-corrected chi connectivity index (χ2v) is 6.28. The Morgan fingerprint density at radius 2 is 2.22 bits per heavy atom. The lowest BCUT2D eigenvalue weighted by atomic mass is 10.0. The highest BCUT2D eigenvalue weighted by molar-refractivity contribution is 7.89. The Bertz CT molecular complexity index is 507. The smallest absolute Gasteiger partial charge is 0.242 e. The predicted octanol–water partition coefficient (Wildman–Crippen LogP) is 0.581. The molecule has 0 aliphatic carbocycles. The van der Waals surface area contributed by atoms with Gasteiger partial charge in [0.15, 0.2) is 0 Å². The van der Waals surface area contributed by atoms with E-state index in [-0.39, 0.29) is 4.90 Å². The van der Waals surface area contributed by atoms with Gasteiger partial charge in [-0.1, -0.05) is 0 Å². The van der Waals surface area contributed by atoms with Crippen molar-refractivity contribution in [3.8, 4) is 0 Å². The largest absolute Gasteiger partial charge is 0.379 e. The molecule has 1 saturated heterocycles. The average molecular weight is 271 g/mol. The number of pyridine rings is 1. The van der Waals surface area contributed by atoms with Crippen LogP contribution >= 0.6 is 0 Å². The van der Waals surface area contributed by atoms with Gasteiger partial charge < -0.3 is 10.1 Å². The molecule has 0 radical (unpaired) electrons. The first-order valence-electron chi connectivity index (χ1n) is 5.71. The highest BCUT2D eigenvalue weighted by Gasteiger charge is 2.34. The topological polar surface area (TPSA) is 80.3 Å². The molecular weight excluding hydrogens is 254 g/mol. The summed E-state index contributed by atoms with van der Waals surface area (Å²) < 4.78 is 32.2. The molecule has 2 rings (SSSR count). The maximum atomic E-state index is 12.2. The van der Waals surface area contributed by atoms with Crippen LogP contribution in [0.5, 0.6) is 0 Å². The van der Waals surface area contributed by atoms with E-state index in [0.717, 1.165) is 0 Å². The molecule has 0 aromatic carbocycles. The van der Waals surface area contributed by atoms with Crippen molar-refractivity contribution in [3.05, 3.63) is 18.3 Å². The van der Waals surface area contributed by atoms with Crippen LogP contribution < -0.4 is 10.0 Å². The first-order chi connectivity index (χ1) is 8.45. The van der Waals surface area contributed by atoms with Crippen molar-refractivity contribution in [2.45, 2.75) is 23.8 Å². The summed E-state index contributed by atoms with van der Waals surface area (Å²) >= 11 is 0. The van der Waals surface area contributed by atoms with Crippen molar-refractivity contribution in [2.24, 2.45) is 0 Å². The number of aromatic nitrogens is 1. The molecule has 1 aromatic rings. The molecule has 1 aromatic heterocycles. The number of nitrogens with one attached hydrogen (secondary N) is 2. The first kappa shape index (κ1) is 13.3. The highest BCUT2D eigenvalue weighted by atomic mass is 32.2. The van der Waals surface area contributed by atoms with Gasteiger partial charge in [-0.15, -0.1) is 0 Å². The summed E-state index contributed by atoms with van der Waals surface area (Å²) in [5.41, 5.74) is -0.527. The van der Waals surface area contributed by atoms with Gasteiger partial charge in [0.05, 0.1) is 12.1 Å². The van der Waals surface area contributed by atoms with E-state index in [1.165, 1.54) is 12.3 Å². The second-order valence-electron chi connectivity index (χ2n) is 4.60. The monoisotopic (exact) mass is 271 g/mol. The van der Waals surface area contributed by atoms with E-state index in [4.69, 9.17) is 4.74 Å². The highest BCUT2D eigenvalue weighted by Crippen LogP contribution is 2.21. The van der Waals surface area contributed by atoms with Gasteiger partial charge in [-0.3, -0.25) is 0 Å². The summed E-state index contributed by atoms with van der Waals surface area (Å²) in [6.07, 6.45) is 2.02. The fraction of sp³-hybridized carbons (Fsp3) is 0.545. The van der Waals surface area contributed by atoms with Gasteiger partial charge >= 0.3 is 0 Å². The molecule has 1 unspecified atom stereocenters. The first-order valence-corrected chi connectivity index (χ1v) is 7.19. The van der Waals surface area contributed by atoms with Gasteiger partial charge in [-0.05, 0) is 25.5 Å². The molecule has 1 aliphatic heterocycles. The van der Waals surface area contributed by atoms with Crippen LogP contribution in [0.1, 0.15) is 13.3 Å². The SMILES string of the molecule is CNc1ccc(S(=O)(=O)NC2(C)CCOC2)cn1. The minimum Gasteiger partial charge on any atom is -0.379 e. The van der Waals surface area contributed by atoms with E-state index in [1.54, 1.807) is 13.1 Å². The molecular formula is C11H17N3O3S. The van der Waals surface area contributed by atoms with Crippen LogP contribution in [0.25, 0.3) is 0 Å². The Morgan fingerprint density at radius 3 is 2.72 bits per heavy atom. The van der Waals surface area contributed by atoms with E-state index in [1.807, 2.05) is 6.92 Å². The van der Waals surface area contributed by atoms with Crippen LogP contribution in [0.2, 0.25) is 0 Å². The van der Waals surface area contributed by atoms with Gasteiger partial charge in [0.1, 0.15) is 10.7 Å². The molecule has 0 saturated carbocycles. The number of ether oxygens (including phenoxy) is 1. The van der Waals surface area contributed by atoms with Crippen molar-refractivity contribution < 1.29 is 13.2 Å². The summed E-state index contributed by atoms with van der Waals surface area (Å²) in [4.78, 5) is 4.16. The fourth-order valence-corrected chi connectivity index (χ4v) is 3.18. The normalized spacial score (nSPS) is 24.1. The van der Waals surface area contributed by atoms with Crippen molar-refractivity contribution in [1.29, 1.82) is 0 Å². The van der Waals surface area contributed by atoms with Crippen LogP contribution in [0.15, 0.2) is 23.2 Å². The fourth-order valence-electron chi connectivity index (χ4n) is 1.82. The molecule has 1 aliphatic rings. The lowest BCUT2D eigenvalue weighted by Gasteiger charge is -2.23. The Labute approximate surface area is 107 Å². The van der Waals surface area contributed by atoms with Gasteiger partial charge in [-0.2, -0.15) is 0 Å². The van der Waals surface area contributed by atoms with E-state index in [0.29, 0.717) is 25.5 Å². The zero-order chi connectivity index (χ0) is 13.2. The molecule has 0 bridgehead atoms. The number of hydrogen-bond acceptors (Lipinski definition) is 5. The van der Waals surface area contributed by atoms with Gasteiger partial charge in [-0.25, -0.2) is 18.1 Å². The molecule has 100 valence electrons. The third-order valence-corrected chi connectivity index (χ3v) is 4.53. The third-order valence-electron chi connectivity index (χ3n) is 2.90. The number of anilines is 1. The molecule has 18 heavy (non-hydrogen) atoms. The zero-order valence-electron chi connectivity index (χ0n) is 10.4. The number of nitrogens with zero attached hydrogens (tertiary/aromatic N) is 1. The van der Waals surface area contributed by atoms with Gasteiger partial charge in [0, 0.05) is 19.9 Å². The third kappa shape index (κ3) is 2.80. The van der Waals surface area contributed by atoms with Crippen molar-refractivity contribution in [2.75, 3.05) is 25.6 Å². The number of hydrogen-bond donors (Lipinski definition) is 2. The molecule has 2 heterocycles. The van der Waals surface area contributed by atoms with E-state index < -0.39 is 15.6 Å². The summed E-state index contributed by atoms with van der Waals surface area (Å²) in [6, 6.07) is 3.16. The number of sulfonamides is 1. The van der Waals surface area contributed by atoms with E-state index >= 15 is 0 Å². The zero-order valence-corrected chi connectivity index (χ0v) is 11.3. The summed E-state index contributed by atoms with van der Waals surface area (Å²) in [5, 5.41) is 2.84. The predicted molar refractivity (Wildman–Crippen MR) is 67.9 cm³/mol. The second kappa shape index (κ2) is 4.83. The van der Waals surface area contributed by atoms with Crippen LogP contribution in [0.3, 0.4) is 0 Å². The summed E-state index contributed by atoms with van der Waals surface area (Å²) in [5.74, 6) is 0.629. The van der Waals surface area contributed by atoms with Crippen molar-refractivity contribution in [3.63, 3.8) is 0 Å². The maximum absolute atomic E-state index is 12.2. The Kier molecular flexibility index (Phi) is 3.56. The van der Waals surface area contributed by atoms with Crippen molar-refractivity contribution in [1.82, 2.24) is 9.71 Å². The Hall–Kier alpha value is -1.18. The minimum atomic E-state index is -3.55. The molecule has 0 spiro atoms. The summed E-state index contributed by atoms with van der Waals surface area (Å²) in [6.45, 7) is 2.82. The summed E-state index contributed by atoms with van der Waals surface area (Å²) in [7, 11) is -1.82. The maximum Gasteiger partial charge on any atom is 0.242 e. The van der Waals surface area contributed by atoms with Crippen LogP contribution in [0, 0.1) is 0 Å². The molecule has 2 N–H and O–H groups in total. The lowest BCUT2D eigenvalue weighted by molar-refractivity contribution is 0.178. The standard InChI is InChI=1S/C11H17N3O3S/c1-11(5-6-17-8-11)14-18(15,16)9-3-4-10(12-2)13-7-9/h3-4,7,14H,5-6,8H2,1-2H3,(H,12,13). The molecule has 6 nitrogen and oxygen atoms in total. The van der Waals surface area contributed by atoms with Crippen LogP contribution in [0.4, 0.5) is 5.82 Å².